The summed E-state index contributed by atoms with van der Waals surface area (Å²) < 4.78 is 11.2. The van der Waals surface area contributed by atoms with E-state index in [2.05, 4.69) is 41.8 Å². The van der Waals surface area contributed by atoms with Gasteiger partial charge in [-0.2, -0.15) is 0 Å². The van der Waals surface area contributed by atoms with E-state index in [-0.39, 0.29) is 0 Å². The number of β-amino-alcohol motifs (C(OH)–C–C–N with tert-alkyl or cyclic N) is 1. The van der Waals surface area contributed by atoms with Crippen LogP contribution in [0.3, 0.4) is 0 Å². The van der Waals surface area contributed by atoms with E-state index in [0.717, 1.165) is 44.1 Å². The topological polar surface area (TPSA) is 45.2 Å². The molecule has 29 heavy (non-hydrogen) atoms. The van der Waals surface area contributed by atoms with Crippen molar-refractivity contribution in [3.05, 3.63) is 54.1 Å². The van der Waals surface area contributed by atoms with Crippen LogP contribution in [0.2, 0.25) is 0 Å². The van der Waals surface area contributed by atoms with Gasteiger partial charge < -0.3 is 19.5 Å². The zero-order valence-corrected chi connectivity index (χ0v) is 17.9. The largest absolute Gasteiger partial charge is 0.497 e. The Bertz CT molecular complexity index is 742. The maximum absolute atomic E-state index is 10.5. The normalized spacial score (nSPS) is 17.0. The molecule has 0 amide bonds. The molecule has 0 spiro atoms. The molecule has 0 aromatic heterocycles. The van der Waals surface area contributed by atoms with Crippen LogP contribution in [0.1, 0.15) is 31.7 Å². The first-order valence-corrected chi connectivity index (χ1v) is 10.6. The predicted molar refractivity (Wildman–Crippen MR) is 118 cm³/mol. The lowest BCUT2D eigenvalue weighted by atomic mass is 9.98. The fourth-order valence-electron chi connectivity index (χ4n) is 3.76. The highest BCUT2D eigenvalue weighted by atomic mass is 16.5. The molecule has 0 unspecified atom stereocenters. The summed E-state index contributed by atoms with van der Waals surface area (Å²) in [5.74, 6) is 2.23. The zero-order chi connectivity index (χ0) is 20.6. The lowest BCUT2D eigenvalue weighted by Gasteiger charge is -2.37. The van der Waals surface area contributed by atoms with Crippen LogP contribution in [0.25, 0.3) is 0 Å². The van der Waals surface area contributed by atoms with E-state index in [1.165, 1.54) is 11.3 Å². The molecule has 5 heteroatoms. The number of benzene rings is 2. The van der Waals surface area contributed by atoms with Gasteiger partial charge in [-0.15, -0.1) is 0 Å². The molecule has 1 aliphatic rings. The number of aliphatic hydroxyl groups excluding tert-OH is 1. The first kappa shape index (κ1) is 21.5. The summed E-state index contributed by atoms with van der Waals surface area (Å²) in [6, 6.07) is 16.4. The molecule has 0 bridgehead atoms. The number of hydrogen-bond donors (Lipinski definition) is 1. The molecule has 2 aromatic rings. The molecule has 1 fully saturated rings. The van der Waals surface area contributed by atoms with Gasteiger partial charge in [0.05, 0.1) is 7.11 Å². The molecule has 2 atom stereocenters. The van der Waals surface area contributed by atoms with Crippen LogP contribution >= 0.6 is 0 Å². The SMILES string of the molecule is CC[C@H](C)c1ccccc1OC[C@H](O)CN1CCN(c2ccc(OC)cc2)CC1. The van der Waals surface area contributed by atoms with Crippen LogP contribution in [-0.4, -0.2) is 62.6 Å². The van der Waals surface area contributed by atoms with E-state index in [1.54, 1.807) is 7.11 Å². The standard InChI is InChI=1S/C24H34N2O3/c1-4-19(2)23-7-5-6-8-24(23)29-18-21(27)17-25-13-15-26(16-14-25)20-9-11-22(28-3)12-10-20/h5-12,19,21,27H,4,13-18H2,1-3H3/t19-,21+/m0/s1. The number of aliphatic hydroxyl groups is 1. The van der Waals surface area contributed by atoms with E-state index in [1.807, 2.05) is 30.3 Å². The molecule has 1 N–H and O–H groups in total. The first-order valence-electron chi connectivity index (χ1n) is 10.6. The quantitative estimate of drug-likeness (QED) is 0.697. The van der Waals surface area contributed by atoms with Gasteiger partial charge >= 0.3 is 0 Å². The molecule has 0 saturated carbocycles. The van der Waals surface area contributed by atoms with Gasteiger partial charge in [0, 0.05) is 38.4 Å². The minimum absolute atomic E-state index is 0.326. The molecule has 158 valence electrons. The van der Waals surface area contributed by atoms with Crippen molar-refractivity contribution in [3.8, 4) is 11.5 Å². The molecular weight excluding hydrogens is 364 g/mol. The zero-order valence-electron chi connectivity index (χ0n) is 17.9. The molecule has 2 aromatic carbocycles. The average Bonchev–Trinajstić information content (AvgIpc) is 2.78. The molecule has 3 rings (SSSR count). The third-order valence-corrected chi connectivity index (χ3v) is 5.77. The summed E-state index contributed by atoms with van der Waals surface area (Å²) in [5, 5.41) is 10.5. The number of nitrogens with zero attached hydrogens (tertiary/aromatic N) is 2. The van der Waals surface area contributed by atoms with Crippen molar-refractivity contribution in [2.45, 2.75) is 32.3 Å². The number of hydrogen-bond acceptors (Lipinski definition) is 5. The highest BCUT2D eigenvalue weighted by Gasteiger charge is 2.20. The minimum atomic E-state index is -0.493. The first-order chi connectivity index (χ1) is 14.1. The second-order valence-corrected chi connectivity index (χ2v) is 7.80. The Balaban J connectivity index is 1.45. The maximum Gasteiger partial charge on any atom is 0.122 e. The molecule has 0 aliphatic carbocycles. The van der Waals surface area contributed by atoms with Gasteiger partial charge in [0.1, 0.15) is 24.2 Å². The van der Waals surface area contributed by atoms with Crippen molar-refractivity contribution in [2.75, 3.05) is 51.3 Å². The molecule has 5 nitrogen and oxygen atoms in total. The average molecular weight is 399 g/mol. The monoisotopic (exact) mass is 398 g/mol. The number of methoxy groups -OCH3 is 1. The van der Waals surface area contributed by atoms with Crippen molar-refractivity contribution in [1.29, 1.82) is 0 Å². The van der Waals surface area contributed by atoms with Crippen molar-refractivity contribution < 1.29 is 14.6 Å². The Hall–Kier alpha value is -2.24. The Morgan fingerprint density at radius 3 is 2.34 bits per heavy atom. The van der Waals surface area contributed by atoms with E-state index in [9.17, 15) is 5.11 Å². The molecule has 1 aliphatic heterocycles. The Labute approximate surface area is 174 Å². The number of ether oxygens (including phenoxy) is 2. The van der Waals surface area contributed by atoms with E-state index in [4.69, 9.17) is 9.47 Å². The number of piperazine rings is 1. The second-order valence-electron chi connectivity index (χ2n) is 7.80. The maximum atomic E-state index is 10.5. The smallest absolute Gasteiger partial charge is 0.122 e. The van der Waals surface area contributed by atoms with E-state index >= 15 is 0 Å². The van der Waals surface area contributed by atoms with Crippen LogP contribution in [-0.2, 0) is 0 Å². The molecule has 1 saturated heterocycles. The second kappa shape index (κ2) is 10.5. The minimum Gasteiger partial charge on any atom is -0.497 e. The van der Waals surface area contributed by atoms with Gasteiger partial charge in [0.25, 0.3) is 0 Å². The Morgan fingerprint density at radius 2 is 1.69 bits per heavy atom. The summed E-state index contributed by atoms with van der Waals surface area (Å²) in [6.07, 6.45) is 0.578. The van der Waals surface area contributed by atoms with Gasteiger partial charge in [-0.1, -0.05) is 32.0 Å². The van der Waals surface area contributed by atoms with Crippen LogP contribution in [0, 0.1) is 0 Å². The summed E-state index contributed by atoms with van der Waals surface area (Å²) >= 11 is 0. The third-order valence-electron chi connectivity index (χ3n) is 5.77. The van der Waals surface area contributed by atoms with Crippen LogP contribution in [0.4, 0.5) is 5.69 Å². The number of para-hydroxylation sites is 1. The van der Waals surface area contributed by atoms with Crippen LogP contribution in [0.5, 0.6) is 11.5 Å². The summed E-state index contributed by atoms with van der Waals surface area (Å²) in [5.41, 5.74) is 2.44. The van der Waals surface area contributed by atoms with Gasteiger partial charge in [-0.3, -0.25) is 4.90 Å². The lowest BCUT2D eigenvalue weighted by Crippen LogP contribution is -2.49. The Kier molecular flexibility index (Phi) is 7.78. The summed E-state index contributed by atoms with van der Waals surface area (Å²) in [6.45, 7) is 9.14. The number of anilines is 1. The molecule has 1 heterocycles. The fraction of sp³-hybridized carbons (Fsp3) is 0.500. The van der Waals surface area contributed by atoms with E-state index in [0.29, 0.717) is 19.1 Å². The highest BCUT2D eigenvalue weighted by molar-refractivity contribution is 5.49. The van der Waals surface area contributed by atoms with Crippen molar-refractivity contribution >= 4 is 5.69 Å². The van der Waals surface area contributed by atoms with Crippen LogP contribution in [0.15, 0.2) is 48.5 Å². The highest BCUT2D eigenvalue weighted by Crippen LogP contribution is 2.28. The van der Waals surface area contributed by atoms with Gasteiger partial charge in [0.15, 0.2) is 0 Å². The Morgan fingerprint density at radius 1 is 1.00 bits per heavy atom. The van der Waals surface area contributed by atoms with Crippen molar-refractivity contribution in [1.82, 2.24) is 4.90 Å². The predicted octanol–water partition coefficient (Wildman–Crippen LogP) is 3.77. The van der Waals surface area contributed by atoms with Gasteiger partial charge in [-0.05, 0) is 48.2 Å². The third kappa shape index (κ3) is 5.87. The summed E-state index contributed by atoms with van der Waals surface area (Å²) in [7, 11) is 1.69. The molecule has 0 radical (unpaired) electrons. The van der Waals surface area contributed by atoms with E-state index < -0.39 is 6.10 Å². The number of rotatable bonds is 9. The van der Waals surface area contributed by atoms with Crippen molar-refractivity contribution in [2.24, 2.45) is 0 Å². The molecular formula is C24H34N2O3. The lowest BCUT2D eigenvalue weighted by molar-refractivity contribution is 0.0658. The fourth-order valence-corrected chi connectivity index (χ4v) is 3.76. The van der Waals surface area contributed by atoms with Gasteiger partial charge in [0.2, 0.25) is 0 Å². The van der Waals surface area contributed by atoms with Gasteiger partial charge in [-0.25, -0.2) is 0 Å². The summed E-state index contributed by atoms with van der Waals surface area (Å²) in [4.78, 5) is 4.69. The van der Waals surface area contributed by atoms with Crippen LogP contribution < -0.4 is 14.4 Å². The van der Waals surface area contributed by atoms with Crippen molar-refractivity contribution in [3.63, 3.8) is 0 Å².